The molecule has 4 aromatic rings. The van der Waals surface area contributed by atoms with E-state index in [1.165, 1.54) is 11.6 Å². The van der Waals surface area contributed by atoms with Crippen molar-refractivity contribution in [1.82, 2.24) is 0 Å². The lowest BCUT2D eigenvalue weighted by molar-refractivity contribution is 0.0472. The lowest BCUT2D eigenvalue weighted by Gasteiger charge is -2.11. The van der Waals surface area contributed by atoms with E-state index in [1.54, 1.807) is 31.4 Å². The Morgan fingerprint density at radius 2 is 1.65 bits per heavy atom. The SMILES string of the molecule is COc1ccc2c(COC(=O)c3ccccc3CCc3ccccc3)cc(=O)oc2c1. The molecule has 0 bridgehead atoms. The van der Waals surface area contributed by atoms with Crippen molar-refractivity contribution >= 4 is 16.9 Å². The first kappa shape index (κ1) is 20.4. The molecule has 0 aliphatic heterocycles. The number of methoxy groups -OCH3 is 1. The summed E-state index contributed by atoms with van der Waals surface area (Å²) >= 11 is 0. The summed E-state index contributed by atoms with van der Waals surface area (Å²) in [6.45, 7) is -0.0275. The zero-order valence-corrected chi connectivity index (χ0v) is 17.2. The Hall–Kier alpha value is -3.86. The molecule has 0 aliphatic carbocycles. The summed E-state index contributed by atoms with van der Waals surface area (Å²) in [6.07, 6.45) is 1.56. The Morgan fingerprint density at radius 1 is 0.871 bits per heavy atom. The Balaban J connectivity index is 1.51. The first-order valence-corrected chi connectivity index (χ1v) is 10.0. The van der Waals surface area contributed by atoms with E-state index < -0.39 is 11.6 Å². The van der Waals surface area contributed by atoms with Gasteiger partial charge in [0.25, 0.3) is 0 Å². The molecule has 3 aromatic carbocycles. The summed E-state index contributed by atoms with van der Waals surface area (Å²) in [4.78, 5) is 24.8. The molecule has 0 N–H and O–H groups in total. The van der Waals surface area contributed by atoms with Crippen molar-refractivity contribution < 1.29 is 18.7 Å². The molecule has 5 nitrogen and oxygen atoms in total. The van der Waals surface area contributed by atoms with E-state index in [-0.39, 0.29) is 6.61 Å². The van der Waals surface area contributed by atoms with Gasteiger partial charge in [-0.15, -0.1) is 0 Å². The molecule has 1 heterocycles. The predicted molar refractivity (Wildman–Crippen MR) is 118 cm³/mol. The number of fused-ring (bicyclic) bond motifs is 1. The number of hydrogen-bond acceptors (Lipinski definition) is 5. The molecule has 5 heteroatoms. The Kier molecular flexibility index (Phi) is 6.13. The summed E-state index contributed by atoms with van der Waals surface area (Å²) in [5.41, 5.74) is 3.15. The van der Waals surface area contributed by atoms with Gasteiger partial charge in [0.1, 0.15) is 17.9 Å². The van der Waals surface area contributed by atoms with Crippen LogP contribution in [-0.2, 0) is 24.2 Å². The van der Waals surface area contributed by atoms with Gasteiger partial charge in [-0.2, -0.15) is 0 Å². The smallest absolute Gasteiger partial charge is 0.338 e. The highest BCUT2D eigenvalue weighted by Gasteiger charge is 2.14. The monoisotopic (exact) mass is 414 g/mol. The van der Waals surface area contributed by atoms with Crippen molar-refractivity contribution in [2.75, 3.05) is 7.11 Å². The third kappa shape index (κ3) is 4.83. The Morgan fingerprint density at radius 3 is 2.45 bits per heavy atom. The van der Waals surface area contributed by atoms with Crippen LogP contribution in [0.3, 0.4) is 0 Å². The van der Waals surface area contributed by atoms with Crippen LogP contribution in [0.1, 0.15) is 27.0 Å². The molecule has 0 atom stereocenters. The van der Waals surface area contributed by atoms with Gasteiger partial charge in [0, 0.05) is 23.1 Å². The molecule has 0 amide bonds. The highest BCUT2D eigenvalue weighted by Crippen LogP contribution is 2.23. The molecular formula is C26H22O5. The number of ether oxygens (including phenoxy) is 2. The molecule has 31 heavy (non-hydrogen) atoms. The lowest BCUT2D eigenvalue weighted by Crippen LogP contribution is -2.10. The van der Waals surface area contributed by atoms with Crippen LogP contribution in [0.2, 0.25) is 0 Å². The van der Waals surface area contributed by atoms with Crippen LogP contribution in [0.25, 0.3) is 11.0 Å². The molecule has 1 aromatic heterocycles. The van der Waals surface area contributed by atoms with Crippen molar-refractivity contribution in [1.29, 1.82) is 0 Å². The van der Waals surface area contributed by atoms with E-state index >= 15 is 0 Å². The van der Waals surface area contributed by atoms with E-state index in [2.05, 4.69) is 12.1 Å². The largest absolute Gasteiger partial charge is 0.497 e. The van der Waals surface area contributed by atoms with Crippen LogP contribution in [0.15, 0.2) is 88.1 Å². The number of hydrogen-bond donors (Lipinski definition) is 0. The number of carbonyl (C=O) groups excluding carboxylic acids is 1. The van der Waals surface area contributed by atoms with Crippen LogP contribution < -0.4 is 10.4 Å². The van der Waals surface area contributed by atoms with Crippen LogP contribution in [0.4, 0.5) is 0 Å². The van der Waals surface area contributed by atoms with E-state index in [1.807, 2.05) is 36.4 Å². The second kappa shape index (κ2) is 9.30. The zero-order valence-electron chi connectivity index (χ0n) is 17.2. The van der Waals surface area contributed by atoms with Crippen molar-refractivity contribution in [2.24, 2.45) is 0 Å². The highest BCUT2D eigenvalue weighted by atomic mass is 16.5. The molecule has 0 aliphatic rings. The molecule has 0 fully saturated rings. The van der Waals surface area contributed by atoms with Gasteiger partial charge in [0.05, 0.1) is 12.7 Å². The standard InChI is InChI=1S/C26H22O5/c1-29-21-13-14-22-20(15-25(27)31-24(22)16-21)17-30-26(28)23-10-6-5-9-19(23)12-11-18-7-3-2-4-8-18/h2-10,13-16H,11-12,17H2,1H3. The zero-order chi connectivity index (χ0) is 21.6. The topological polar surface area (TPSA) is 65.7 Å². The average Bonchev–Trinajstić information content (AvgIpc) is 2.81. The summed E-state index contributed by atoms with van der Waals surface area (Å²) in [5.74, 6) is 0.163. The minimum absolute atomic E-state index is 0.0275. The van der Waals surface area contributed by atoms with Gasteiger partial charge < -0.3 is 13.9 Å². The number of rotatable bonds is 7. The summed E-state index contributed by atoms with van der Waals surface area (Å²) in [5, 5.41) is 0.700. The van der Waals surface area contributed by atoms with Gasteiger partial charge in [-0.05, 0) is 42.2 Å². The third-order valence-electron chi connectivity index (χ3n) is 5.16. The normalized spacial score (nSPS) is 10.7. The highest BCUT2D eigenvalue weighted by molar-refractivity contribution is 5.91. The predicted octanol–water partition coefficient (Wildman–Crippen LogP) is 4.94. The second-order valence-electron chi connectivity index (χ2n) is 7.17. The fourth-order valence-electron chi connectivity index (χ4n) is 3.54. The van der Waals surface area contributed by atoms with Gasteiger partial charge in [-0.1, -0.05) is 48.5 Å². The summed E-state index contributed by atoms with van der Waals surface area (Å²) < 4.78 is 16.0. The number of benzene rings is 3. The van der Waals surface area contributed by atoms with Crippen LogP contribution in [0, 0.1) is 0 Å². The first-order chi connectivity index (χ1) is 15.1. The average molecular weight is 414 g/mol. The van der Waals surface area contributed by atoms with Crippen molar-refractivity contribution in [3.63, 3.8) is 0 Å². The van der Waals surface area contributed by atoms with Crippen LogP contribution in [-0.4, -0.2) is 13.1 Å². The lowest BCUT2D eigenvalue weighted by atomic mass is 10.00. The van der Waals surface area contributed by atoms with Crippen molar-refractivity contribution in [3.8, 4) is 5.75 Å². The van der Waals surface area contributed by atoms with E-state index in [4.69, 9.17) is 13.9 Å². The van der Waals surface area contributed by atoms with Gasteiger partial charge in [0.2, 0.25) is 0 Å². The first-order valence-electron chi connectivity index (χ1n) is 10.0. The number of carbonyl (C=O) groups is 1. The molecule has 0 unspecified atom stereocenters. The van der Waals surface area contributed by atoms with Gasteiger partial charge in [-0.25, -0.2) is 9.59 Å². The fraction of sp³-hybridized carbons (Fsp3) is 0.154. The van der Waals surface area contributed by atoms with Crippen LogP contribution in [0.5, 0.6) is 5.75 Å². The van der Waals surface area contributed by atoms with Gasteiger partial charge >= 0.3 is 11.6 Å². The maximum Gasteiger partial charge on any atom is 0.338 e. The van der Waals surface area contributed by atoms with Crippen molar-refractivity contribution in [2.45, 2.75) is 19.4 Å². The number of aryl methyl sites for hydroxylation is 2. The molecule has 0 saturated carbocycles. The van der Waals surface area contributed by atoms with Crippen molar-refractivity contribution in [3.05, 3.63) is 112 Å². The molecular weight excluding hydrogens is 392 g/mol. The van der Waals surface area contributed by atoms with E-state index in [9.17, 15) is 9.59 Å². The Labute approximate surface area is 179 Å². The Bertz CT molecular complexity index is 1260. The van der Waals surface area contributed by atoms with E-state index in [0.29, 0.717) is 27.8 Å². The van der Waals surface area contributed by atoms with Crippen LogP contribution >= 0.6 is 0 Å². The molecule has 0 spiro atoms. The second-order valence-corrected chi connectivity index (χ2v) is 7.17. The minimum atomic E-state index is -0.505. The van der Waals surface area contributed by atoms with Gasteiger partial charge in [0.15, 0.2) is 0 Å². The fourth-order valence-corrected chi connectivity index (χ4v) is 3.54. The number of esters is 1. The summed E-state index contributed by atoms with van der Waals surface area (Å²) in [6, 6.07) is 24.1. The quantitative estimate of drug-likeness (QED) is 0.316. The molecule has 4 rings (SSSR count). The molecule has 0 saturated heterocycles. The summed E-state index contributed by atoms with van der Waals surface area (Å²) in [7, 11) is 1.54. The maximum absolute atomic E-state index is 12.8. The molecule has 156 valence electrons. The minimum Gasteiger partial charge on any atom is -0.497 e. The maximum atomic E-state index is 12.8. The van der Waals surface area contributed by atoms with E-state index in [0.717, 1.165) is 18.4 Å². The molecule has 0 radical (unpaired) electrons. The third-order valence-corrected chi connectivity index (χ3v) is 5.16. The van der Waals surface area contributed by atoms with Gasteiger partial charge in [-0.3, -0.25) is 0 Å².